The van der Waals surface area contributed by atoms with E-state index in [9.17, 15) is 21.6 Å². The molecule has 1 N–H and O–H groups in total. The Morgan fingerprint density at radius 3 is 2.56 bits per heavy atom. The van der Waals surface area contributed by atoms with Crippen LogP contribution < -0.4 is 4.90 Å². The topological polar surface area (TPSA) is 69.3 Å². The molecular formula is C21H20BrF3N4O2S. The lowest BCUT2D eigenvalue weighted by molar-refractivity contribution is -0.0502. The Labute approximate surface area is 192 Å². The molecule has 4 rings (SSSR count). The number of fused-ring (bicyclic) bond motifs is 1. The van der Waals surface area contributed by atoms with Crippen LogP contribution in [-0.4, -0.2) is 40.8 Å². The second-order valence-corrected chi connectivity index (χ2v) is 10.4. The molecule has 1 aliphatic rings. The van der Waals surface area contributed by atoms with Crippen molar-refractivity contribution in [2.45, 2.75) is 31.1 Å². The number of rotatable bonds is 5. The van der Waals surface area contributed by atoms with Crippen LogP contribution in [0.15, 0.2) is 65.5 Å². The van der Waals surface area contributed by atoms with Crippen LogP contribution in [0.25, 0.3) is 0 Å². The minimum Gasteiger partial charge on any atom is -0.364 e. The van der Waals surface area contributed by atoms with Gasteiger partial charge in [-0.25, -0.2) is 13.4 Å². The Balaban J connectivity index is 1.81. The molecule has 0 saturated carbocycles. The predicted octanol–water partition coefficient (Wildman–Crippen LogP) is 4.46. The molecule has 0 fully saturated rings. The third-order valence-corrected chi connectivity index (χ3v) is 7.50. The van der Waals surface area contributed by atoms with Crippen molar-refractivity contribution in [2.75, 3.05) is 11.4 Å². The first-order valence-electron chi connectivity index (χ1n) is 9.78. The van der Waals surface area contributed by atoms with Crippen molar-refractivity contribution in [3.8, 4) is 0 Å². The van der Waals surface area contributed by atoms with Gasteiger partial charge in [0.1, 0.15) is 0 Å². The van der Waals surface area contributed by atoms with Crippen molar-refractivity contribution < 1.29 is 21.6 Å². The number of hydrogen-bond acceptors (Lipinski definition) is 4. The molecular weight excluding hydrogens is 509 g/mol. The zero-order valence-electron chi connectivity index (χ0n) is 16.8. The van der Waals surface area contributed by atoms with Crippen molar-refractivity contribution >= 4 is 31.6 Å². The molecule has 1 unspecified atom stereocenters. The molecule has 0 aliphatic carbocycles. The second kappa shape index (κ2) is 8.87. The number of hydrogen-bond donors (Lipinski definition) is 1. The fourth-order valence-corrected chi connectivity index (χ4v) is 5.44. The minimum atomic E-state index is -5.56. The number of aromatic nitrogens is 2. The highest BCUT2D eigenvalue weighted by Gasteiger charge is 2.52. The van der Waals surface area contributed by atoms with Crippen LogP contribution in [0.2, 0.25) is 0 Å². The summed E-state index contributed by atoms with van der Waals surface area (Å²) in [4.78, 5) is 8.91. The maximum atomic E-state index is 13.7. The molecule has 2 heterocycles. The highest BCUT2D eigenvalue weighted by molar-refractivity contribution is 9.10. The molecule has 6 nitrogen and oxygen atoms in total. The molecule has 1 aromatic heterocycles. The molecule has 0 amide bonds. The average molecular weight is 529 g/mol. The van der Waals surface area contributed by atoms with E-state index in [0.29, 0.717) is 26.6 Å². The number of imidazole rings is 1. The average Bonchev–Trinajstić information content (AvgIpc) is 3.19. The van der Waals surface area contributed by atoms with Gasteiger partial charge in [-0.05, 0) is 35.7 Å². The van der Waals surface area contributed by atoms with E-state index in [1.54, 1.807) is 54.7 Å². The van der Waals surface area contributed by atoms with E-state index in [-0.39, 0.29) is 19.5 Å². The van der Waals surface area contributed by atoms with E-state index in [4.69, 9.17) is 0 Å². The summed E-state index contributed by atoms with van der Waals surface area (Å²) in [5.41, 5.74) is -2.70. The number of H-pyrrole nitrogens is 1. The van der Waals surface area contributed by atoms with Crippen molar-refractivity contribution in [3.63, 3.8) is 0 Å². The predicted molar refractivity (Wildman–Crippen MR) is 118 cm³/mol. The monoisotopic (exact) mass is 528 g/mol. The Morgan fingerprint density at radius 2 is 1.91 bits per heavy atom. The first kappa shape index (κ1) is 22.8. The number of benzene rings is 2. The number of anilines is 1. The summed E-state index contributed by atoms with van der Waals surface area (Å²) in [6.07, 6.45) is 3.31. The molecule has 11 heteroatoms. The molecule has 1 aliphatic heterocycles. The Bertz CT molecular complexity index is 1170. The van der Waals surface area contributed by atoms with Gasteiger partial charge < -0.3 is 9.88 Å². The standard InChI is InChI=1S/C21H20BrF3N4O2S/c22-17-6-7-20-16(9-17)11-29(32(30,31)21(23,24)25)19(8-15-4-2-1-3-5-15)13-28(20)12-18-10-26-14-27-18/h1-7,9-10,14,19H,8,11-13H2,(H,26,27). The Kier molecular flexibility index (Phi) is 6.33. The van der Waals surface area contributed by atoms with E-state index in [1.165, 1.54) is 6.33 Å². The van der Waals surface area contributed by atoms with E-state index in [2.05, 4.69) is 25.9 Å². The zero-order valence-corrected chi connectivity index (χ0v) is 19.2. The number of nitrogens with zero attached hydrogens (tertiary/aromatic N) is 3. The molecule has 32 heavy (non-hydrogen) atoms. The van der Waals surface area contributed by atoms with Crippen LogP contribution >= 0.6 is 15.9 Å². The summed E-state index contributed by atoms with van der Waals surface area (Å²) in [5, 5.41) is 0. The molecule has 1 atom stereocenters. The molecule has 0 spiro atoms. The summed E-state index contributed by atoms with van der Waals surface area (Å²) in [7, 11) is -5.56. The summed E-state index contributed by atoms with van der Waals surface area (Å²) >= 11 is 3.35. The van der Waals surface area contributed by atoms with Gasteiger partial charge in [-0.1, -0.05) is 46.3 Å². The van der Waals surface area contributed by atoms with E-state index in [0.717, 1.165) is 11.3 Å². The van der Waals surface area contributed by atoms with Gasteiger partial charge in [0.15, 0.2) is 0 Å². The third kappa shape index (κ3) is 4.69. The van der Waals surface area contributed by atoms with E-state index < -0.39 is 21.6 Å². The lowest BCUT2D eigenvalue weighted by Gasteiger charge is -2.32. The number of nitrogens with one attached hydrogen (secondary N) is 1. The third-order valence-electron chi connectivity index (χ3n) is 5.38. The van der Waals surface area contributed by atoms with Crippen LogP contribution in [0.5, 0.6) is 0 Å². The van der Waals surface area contributed by atoms with Crippen LogP contribution in [0.1, 0.15) is 16.8 Å². The van der Waals surface area contributed by atoms with Gasteiger partial charge in [0.2, 0.25) is 0 Å². The van der Waals surface area contributed by atoms with Crippen molar-refractivity contribution in [3.05, 3.63) is 82.3 Å². The van der Waals surface area contributed by atoms with Crippen LogP contribution in [0, 0.1) is 0 Å². The van der Waals surface area contributed by atoms with Crippen molar-refractivity contribution in [1.82, 2.24) is 14.3 Å². The molecule has 170 valence electrons. The lowest BCUT2D eigenvalue weighted by Crippen LogP contribution is -2.49. The fourth-order valence-electron chi connectivity index (χ4n) is 3.92. The normalized spacial score (nSPS) is 17.8. The van der Waals surface area contributed by atoms with Crippen molar-refractivity contribution in [1.29, 1.82) is 0 Å². The van der Waals surface area contributed by atoms with Crippen LogP contribution in [0.4, 0.5) is 18.9 Å². The van der Waals surface area contributed by atoms with Gasteiger partial charge >= 0.3 is 15.5 Å². The van der Waals surface area contributed by atoms with Gasteiger partial charge in [0, 0.05) is 35.5 Å². The molecule has 2 aromatic carbocycles. The second-order valence-electron chi connectivity index (χ2n) is 7.57. The van der Waals surface area contributed by atoms with Gasteiger partial charge in [0.05, 0.1) is 18.6 Å². The quantitative estimate of drug-likeness (QED) is 0.531. The smallest absolute Gasteiger partial charge is 0.364 e. The SMILES string of the molecule is O=S(=O)(N1Cc2cc(Br)ccc2N(Cc2cnc[nH]2)CC1Cc1ccccc1)C(F)(F)F. The number of halogens is 4. The summed E-state index contributed by atoms with van der Waals surface area (Å²) in [5.74, 6) is 0. The maximum absolute atomic E-state index is 13.7. The van der Waals surface area contributed by atoms with Crippen LogP contribution in [-0.2, 0) is 29.5 Å². The fraction of sp³-hybridized carbons (Fsp3) is 0.286. The van der Waals surface area contributed by atoms with E-state index in [1.807, 2.05) is 4.90 Å². The van der Waals surface area contributed by atoms with Gasteiger partial charge in [-0.3, -0.25) is 0 Å². The molecule has 0 saturated heterocycles. The molecule has 0 bridgehead atoms. The van der Waals surface area contributed by atoms with Gasteiger partial charge in [-0.2, -0.15) is 17.5 Å². The van der Waals surface area contributed by atoms with Crippen molar-refractivity contribution in [2.24, 2.45) is 0 Å². The lowest BCUT2D eigenvalue weighted by atomic mass is 10.1. The first-order chi connectivity index (χ1) is 15.1. The maximum Gasteiger partial charge on any atom is 0.511 e. The molecule has 3 aromatic rings. The Hall–Kier alpha value is -2.37. The van der Waals surface area contributed by atoms with Gasteiger partial charge in [-0.15, -0.1) is 0 Å². The minimum absolute atomic E-state index is 0.0812. The van der Waals surface area contributed by atoms with Crippen LogP contribution in [0.3, 0.4) is 0 Å². The molecule has 0 radical (unpaired) electrons. The Morgan fingerprint density at radius 1 is 1.16 bits per heavy atom. The summed E-state index contributed by atoms with van der Waals surface area (Å²) in [6.45, 7) is 0.0469. The zero-order chi connectivity index (χ0) is 22.9. The number of alkyl halides is 3. The summed E-state index contributed by atoms with van der Waals surface area (Å²) in [6, 6.07) is 13.2. The number of aromatic amines is 1. The largest absolute Gasteiger partial charge is 0.511 e. The highest BCUT2D eigenvalue weighted by atomic mass is 79.9. The highest BCUT2D eigenvalue weighted by Crippen LogP contribution is 2.37. The number of sulfonamides is 1. The first-order valence-corrected chi connectivity index (χ1v) is 12.0. The summed E-state index contributed by atoms with van der Waals surface area (Å²) < 4.78 is 67.5. The van der Waals surface area contributed by atoms with Gasteiger partial charge in [0.25, 0.3) is 0 Å². The van der Waals surface area contributed by atoms with E-state index >= 15 is 0 Å².